The van der Waals surface area contributed by atoms with Crippen LogP contribution in [0.25, 0.3) is 0 Å². The molecule has 2 N–H and O–H groups in total. The molecule has 1 aliphatic heterocycles. The molecule has 1 aliphatic rings. The van der Waals surface area contributed by atoms with Gasteiger partial charge in [-0.15, -0.1) is 0 Å². The Kier molecular flexibility index (Phi) is 4.81. The van der Waals surface area contributed by atoms with Gasteiger partial charge in [0, 0.05) is 30.6 Å². The van der Waals surface area contributed by atoms with E-state index in [1.165, 1.54) is 6.92 Å². The van der Waals surface area contributed by atoms with Crippen molar-refractivity contribution in [3.63, 3.8) is 0 Å². The maximum absolute atomic E-state index is 14.2. The first-order valence-electron chi connectivity index (χ1n) is 7.34. The highest BCUT2D eigenvalue weighted by molar-refractivity contribution is 5.97. The number of hydrogen-bond acceptors (Lipinski definition) is 3. The predicted molar refractivity (Wildman–Crippen MR) is 81.4 cm³/mol. The number of hydrogen-bond donors (Lipinski definition) is 2. The Labute approximate surface area is 129 Å². The van der Waals surface area contributed by atoms with Crippen LogP contribution in [-0.4, -0.2) is 35.9 Å². The minimum absolute atomic E-state index is 0.165. The van der Waals surface area contributed by atoms with Crippen LogP contribution in [0.5, 0.6) is 0 Å². The molecule has 2 rings (SSSR count). The molecule has 0 aromatic heterocycles. The Morgan fingerprint density at radius 2 is 2.18 bits per heavy atom. The molecule has 2 amide bonds. The van der Waals surface area contributed by atoms with Crippen molar-refractivity contribution in [2.24, 2.45) is 5.92 Å². The molecule has 1 aromatic carbocycles. The van der Waals surface area contributed by atoms with E-state index in [0.717, 1.165) is 10.5 Å². The van der Waals surface area contributed by atoms with Gasteiger partial charge in [0.05, 0.1) is 6.10 Å². The van der Waals surface area contributed by atoms with Crippen LogP contribution in [0.15, 0.2) is 18.2 Å². The van der Waals surface area contributed by atoms with E-state index in [9.17, 15) is 19.1 Å². The Morgan fingerprint density at radius 1 is 1.50 bits per heavy atom. The van der Waals surface area contributed by atoms with Crippen molar-refractivity contribution < 1.29 is 19.1 Å². The number of anilines is 1. The van der Waals surface area contributed by atoms with Gasteiger partial charge in [0.1, 0.15) is 0 Å². The van der Waals surface area contributed by atoms with Crippen molar-refractivity contribution in [3.05, 3.63) is 29.3 Å². The molecule has 0 aliphatic carbocycles. The molecule has 0 saturated heterocycles. The third-order valence-corrected chi connectivity index (χ3v) is 3.76. The summed E-state index contributed by atoms with van der Waals surface area (Å²) in [5.74, 6) is -0.980. The minimum atomic E-state index is -1.35. The number of benzene rings is 1. The van der Waals surface area contributed by atoms with Gasteiger partial charge in [0.25, 0.3) is 5.91 Å². The molecule has 2 unspecified atom stereocenters. The molecular weight excluding hydrogens is 287 g/mol. The highest BCUT2D eigenvalue weighted by Gasteiger charge is 2.34. The molecule has 0 saturated carbocycles. The Hall–Kier alpha value is -1.95. The first-order chi connectivity index (χ1) is 10.3. The second-order valence-electron chi connectivity index (χ2n) is 5.85. The zero-order chi connectivity index (χ0) is 16.4. The second-order valence-corrected chi connectivity index (χ2v) is 5.85. The molecule has 5 nitrogen and oxygen atoms in total. The SMILES string of the molecule is CC(=O)N1c2ccc(C(=O)NCC(C)O)cc2CC(C)[C@@H]1F. The standard InChI is InChI=1S/C16H21FN2O3/c1-9-6-13-7-12(16(22)18-8-10(2)20)4-5-14(13)19(11(3)21)15(9)17/h4-5,7,9-10,15,20H,6,8H2,1-3H3,(H,18,22)/t9?,10?,15-/m1/s1. The fourth-order valence-electron chi connectivity index (χ4n) is 2.64. The highest BCUT2D eigenvalue weighted by Crippen LogP contribution is 2.35. The first-order valence-corrected chi connectivity index (χ1v) is 7.34. The van der Waals surface area contributed by atoms with Gasteiger partial charge in [-0.1, -0.05) is 6.92 Å². The van der Waals surface area contributed by atoms with Gasteiger partial charge in [-0.2, -0.15) is 0 Å². The first kappa shape index (κ1) is 16.4. The number of nitrogens with zero attached hydrogens (tertiary/aromatic N) is 1. The van der Waals surface area contributed by atoms with E-state index in [-0.39, 0.29) is 24.3 Å². The molecule has 0 fully saturated rings. The molecule has 6 heteroatoms. The van der Waals surface area contributed by atoms with E-state index in [2.05, 4.69) is 5.32 Å². The van der Waals surface area contributed by atoms with Crippen molar-refractivity contribution in [1.82, 2.24) is 5.32 Å². The van der Waals surface area contributed by atoms with Crippen molar-refractivity contribution >= 4 is 17.5 Å². The van der Waals surface area contributed by atoms with Crippen molar-refractivity contribution in [3.8, 4) is 0 Å². The summed E-state index contributed by atoms with van der Waals surface area (Å²) < 4.78 is 14.2. The van der Waals surface area contributed by atoms with Gasteiger partial charge in [0.15, 0.2) is 6.30 Å². The fraction of sp³-hybridized carbons (Fsp3) is 0.500. The van der Waals surface area contributed by atoms with Gasteiger partial charge in [-0.25, -0.2) is 4.39 Å². The highest BCUT2D eigenvalue weighted by atomic mass is 19.1. The molecule has 3 atom stereocenters. The summed E-state index contributed by atoms with van der Waals surface area (Å²) in [5, 5.41) is 11.8. The lowest BCUT2D eigenvalue weighted by Crippen LogP contribution is -2.44. The Morgan fingerprint density at radius 3 is 2.77 bits per heavy atom. The second kappa shape index (κ2) is 6.44. The van der Waals surface area contributed by atoms with Crippen LogP contribution in [0.4, 0.5) is 10.1 Å². The lowest BCUT2D eigenvalue weighted by molar-refractivity contribution is -0.118. The number of aliphatic hydroxyl groups excluding tert-OH is 1. The number of alkyl halides is 1. The number of carbonyl (C=O) groups excluding carboxylic acids is 2. The maximum atomic E-state index is 14.2. The smallest absolute Gasteiger partial charge is 0.251 e. The number of rotatable bonds is 3. The van der Waals surface area contributed by atoms with E-state index in [0.29, 0.717) is 17.7 Å². The van der Waals surface area contributed by atoms with Crippen LogP contribution in [0.1, 0.15) is 36.7 Å². The topological polar surface area (TPSA) is 69.6 Å². The third kappa shape index (κ3) is 3.27. The number of amides is 2. The summed E-state index contributed by atoms with van der Waals surface area (Å²) in [4.78, 5) is 24.9. The fourth-order valence-corrected chi connectivity index (χ4v) is 2.64. The van der Waals surface area contributed by atoms with Crippen molar-refractivity contribution in [2.45, 2.75) is 39.6 Å². The zero-order valence-electron chi connectivity index (χ0n) is 13.0. The minimum Gasteiger partial charge on any atom is -0.392 e. The summed E-state index contributed by atoms with van der Waals surface area (Å²) in [6.07, 6.45) is -1.50. The molecule has 0 bridgehead atoms. The molecule has 0 radical (unpaired) electrons. The Balaban J connectivity index is 2.29. The third-order valence-electron chi connectivity index (χ3n) is 3.76. The number of aliphatic hydroxyl groups is 1. The lowest BCUT2D eigenvalue weighted by Gasteiger charge is -2.36. The molecule has 1 aromatic rings. The Bertz CT molecular complexity index is 589. The average molecular weight is 308 g/mol. The summed E-state index contributed by atoms with van der Waals surface area (Å²) in [5.41, 5.74) is 1.74. The molecule has 22 heavy (non-hydrogen) atoms. The maximum Gasteiger partial charge on any atom is 0.251 e. The molecule has 1 heterocycles. The number of fused-ring (bicyclic) bond motifs is 1. The van der Waals surface area contributed by atoms with Crippen molar-refractivity contribution in [2.75, 3.05) is 11.4 Å². The number of carbonyl (C=O) groups is 2. The largest absolute Gasteiger partial charge is 0.392 e. The summed E-state index contributed by atoms with van der Waals surface area (Å²) in [7, 11) is 0. The monoisotopic (exact) mass is 308 g/mol. The van der Waals surface area contributed by atoms with Gasteiger partial charge in [-0.3, -0.25) is 14.5 Å². The zero-order valence-corrected chi connectivity index (χ0v) is 13.0. The number of nitrogens with one attached hydrogen (secondary N) is 1. The quantitative estimate of drug-likeness (QED) is 0.834. The normalized spacial score (nSPS) is 22.0. The lowest BCUT2D eigenvalue weighted by atomic mass is 9.91. The predicted octanol–water partition coefficient (Wildman–Crippen LogP) is 1.64. The van der Waals surface area contributed by atoms with Gasteiger partial charge < -0.3 is 10.4 Å². The van der Waals surface area contributed by atoms with Crippen LogP contribution in [0.3, 0.4) is 0 Å². The molecule has 120 valence electrons. The van der Waals surface area contributed by atoms with Gasteiger partial charge in [0.2, 0.25) is 5.91 Å². The van der Waals surface area contributed by atoms with Crippen LogP contribution in [0.2, 0.25) is 0 Å². The van der Waals surface area contributed by atoms with Crippen molar-refractivity contribution in [1.29, 1.82) is 0 Å². The van der Waals surface area contributed by atoms with E-state index < -0.39 is 12.4 Å². The summed E-state index contributed by atoms with van der Waals surface area (Å²) in [6.45, 7) is 4.82. The van der Waals surface area contributed by atoms with Crippen LogP contribution in [-0.2, 0) is 11.2 Å². The molecule has 0 spiro atoms. The van der Waals surface area contributed by atoms with Crippen LogP contribution >= 0.6 is 0 Å². The summed E-state index contributed by atoms with van der Waals surface area (Å²) >= 11 is 0. The van der Waals surface area contributed by atoms with Gasteiger partial charge in [-0.05, 0) is 37.1 Å². The van der Waals surface area contributed by atoms with E-state index >= 15 is 0 Å². The van der Waals surface area contributed by atoms with E-state index in [1.54, 1.807) is 32.0 Å². The van der Waals surface area contributed by atoms with Crippen LogP contribution in [0, 0.1) is 5.92 Å². The van der Waals surface area contributed by atoms with Crippen LogP contribution < -0.4 is 10.2 Å². The van der Waals surface area contributed by atoms with E-state index in [1.807, 2.05) is 0 Å². The summed E-state index contributed by atoms with van der Waals surface area (Å²) in [6, 6.07) is 4.85. The van der Waals surface area contributed by atoms with Gasteiger partial charge >= 0.3 is 0 Å². The average Bonchev–Trinajstić information content (AvgIpc) is 2.45. The van der Waals surface area contributed by atoms with E-state index in [4.69, 9.17) is 0 Å². The molecular formula is C16H21FN2O3. The number of halogens is 1.